The van der Waals surface area contributed by atoms with Crippen LogP contribution in [0.4, 0.5) is 11.4 Å². The van der Waals surface area contributed by atoms with Crippen molar-refractivity contribution in [3.63, 3.8) is 0 Å². The number of para-hydroxylation sites is 1. The zero-order chi connectivity index (χ0) is 33.8. The number of rotatable bonds is 6. The summed E-state index contributed by atoms with van der Waals surface area (Å²) >= 11 is 5.78. The van der Waals surface area contributed by atoms with Crippen molar-refractivity contribution < 1.29 is 23.4 Å². The number of primary amides is 1. The van der Waals surface area contributed by atoms with Crippen LogP contribution in [0.1, 0.15) is 37.0 Å². The Morgan fingerprint density at radius 3 is 2.42 bits per heavy atom. The van der Waals surface area contributed by atoms with Crippen LogP contribution < -0.4 is 22.1 Å². The maximum Gasteiger partial charge on any atom is 0.439 e. The second-order valence-electron chi connectivity index (χ2n) is 9.94. The minimum atomic E-state index is -0.774. The summed E-state index contributed by atoms with van der Waals surface area (Å²) in [7, 11) is 0. The first-order valence-electron chi connectivity index (χ1n) is 13.8. The van der Waals surface area contributed by atoms with Gasteiger partial charge < -0.3 is 25.9 Å². The van der Waals surface area contributed by atoms with Gasteiger partial charge in [0.1, 0.15) is 16.4 Å². The van der Waals surface area contributed by atoms with Crippen LogP contribution in [0.5, 0.6) is 0 Å². The largest absolute Gasteiger partial charge is 0.439 e. The second kappa shape index (κ2) is 13.1. The van der Waals surface area contributed by atoms with E-state index >= 15 is 0 Å². The molecule has 15 nitrogen and oxygen atoms in total. The molecule has 0 saturated heterocycles. The maximum absolute atomic E-state index is 13.1. The maximum atomic E-state index is 13.1. The Morgan fingerprint density at radius 1 is 0.875 bits per heavy atom. The third-order valence-electron chi connectivity index (χ3n) is 6.84. The Kier molecular flexibility index (Phi) is 8.47. The monoisotopic (exact) mass is 661 g/mol. The Balaban J connectivity index is 0.000000280. The Bertz CT molecular complexity index is 2440. The van der Waals surface area contributed by atoms with E-state index in [0.717, 1.165) is 0 Å². The van der Waals surface area contributed by atoms with Crippen molar-refractivity contribution in [1.29, 1.82) is 5.26 Å². The summed E-state index contributed by atoms with van der Waals surface area (Å²) in [6, 6.07) is 23.5. The predicted octanol–water partition coefficient (Wildman–Crippen LogP) is 4.86. The molecule has 0 radical (unpaired) electrons. The lowest BCUT2D eigenvalue weighted by molar-refractivity contribution is 0.0965. The number of nitrogens with two attached hydrogens (primary N) is 1. The summed E-state index contributed by atoms with van der Waals surface area (Å²) < 4.78 is 9.30. The van der Waals surface area contributed by atoms with Gasteiger partial charge in [0, 0.05) is 17.1 Å². The third kappa shape index (κ3) is 6.49. The van der Waals surface area contributed by atoms with Crippen LogP contribution in [0, 0.1) is 11.3 Å². The molecule has 0 saturated carbocycles. The molecule has 3 aromatic carbocycles. The highest BCUT2D eigenvalue weighted by atomic mass is 35.5. The second-order valence-corrected chi connectivity index (χ2v) is 10.3. The van der Waals surface area contributed by atoms with E-state index in [1.807, 2.05) is 12.1 Å². The Morgan fingerprint density at radius 2 is 1.69 bits per heavy atom. The van der Waals surface area contributed by atoms with Crippen molar-refractivity contribution in [3.8, 4) is 17.5 Å². The van der Waals surface area contributed by atoms with Crippen LogP contribution in [0.25, 0.3) is 33.2 Å². The van der Waals surface area contributed by atoms with Crippen LogP contribution in [0.15, 0.2) is 98.9 Å². The van der Waals surface area contributed by atoms with Crippen LogP contribution in [0.3, 0.4) is 0 Å². The molecule has 0 atom stereocenters. The number of benzene rings is 3. The molecule has 0 aliphatic carbocycles. The number of aromatic nitrogens is 5. The molecule has 0 fully saturated rings. The van der Waals surface area contributed by atoms with Crippen LogP contribution in [-0.4, -0.2) is 43.0 Å². The number of carbonyl (C=O) groups is 3. The number of hydrogen-bond acceptors (Lipinski definition) is 10. The highest BCUT2D eigenvalue weighted by Crippen LogP contribution is 2.28. The molecule has 0 unspecified atom stereocenters. The van der Waals surface area contributed by atoms with Gasteiger partial charge in [0.25, 0.3) is 17.7 Å². The molecule has 16 heteroatoms. The fourth-order valence-corrected chi connectivity index (χ4v) is 4.72. The van der Waals surface area contributed by atoms with Gasteiger partial charge >= 0.3 is 5.76 Å². The zero-order valence-corrected chi connectivity index (χ0v) is 25.0. The van der Waals surface area contributed by atoms with Gasteiger partial charge in [-0.1, -0.05) is 46.2 Å². The van der Waals surface area contributed by atoms with Gasteiger partial charge in [-0.3, -0.25) is 23.9 Å². The Labute approximate surface area is 273 Å². The number of carbonyl (C=O) groups excluding carboxylic acids is 3. The first-order chi connectivity index (χ1) is 23.2. The van der Waals surface area contributed by atoms with Gasteiger partial charge in [0.2, 0.25) is 5.76 Å². The van der Waals surface area contributed by atoms with Gasteiger partial charge in [-0.25, -0.2) is 9.78 Å². The topological polar surface area (TPSA) is 239 Å². The van der Waals surface area contributed by atoms with E-state index in [1.165, 1.54) is 30.5 Å². The minimum Gasteiger partial charge on any atom is -0.363 e. The number of anilines is 2. The van der Waals surface area contributed by atoms with E-state index in [2.05, 4.69) is 40.4 Å². The smallest absolute Gasteiger partial charge is 0.363 e. The Hall–Kier alpha value is -7.05. The first kappa shape index (κ1) is 31.0. The summed E-state index contributed by atoms with van der Waals surface area (Å²) in [6.07, 6.45) is 1.36. The summed E-state index contributed by atoms with van der Waals surface area (Å²) in [5, 5.41) is 23.7. The number of H-pyrrole nitrogens is 2. The minimum absolute atomic E-state index is 0.0609. The summed E-state index contributed by atoms with van der Waals surface area (Å²) in [5.41, 5.74) is 8.13. The summed E-state index contributed by atoms with van der Waals surface area (Å²) in [6.45, 7) is 0. The number of nitrogens with zero attached hydrogens (tertiary/aromatic N) is 4. The molecule has 0 aliphatic heterocycles. The van der Waals surface area contributed by atoms with Gasteiger partial charge in [-0.2, -0.15) is 5.26 Å². The number of halogens is 1. The van der Waals surface area contributed by atoms with Crippen molar-refractivity contribution in [2.75, 3.05) is 10.6 Å². The molecule has 48 heavy (non-hydrogen) atoms. The third-order valence-corrected chi connectivity index (χ3v) is 7.06. The fraction of sp³-hybridized carbons (Fsp3) is 0. The average Bonchev–Trinajstić information content (AvgIpc) is 3.84. The lowest BCUT2D eigenvalue weighted by Crippen LogP contribution is -2.14. The molecular formula is C32H20ClN9O6. The number of nitriles is 1. The fourth-order valence-electron chi connectivity index (χ4n) is 4.61. The molecule has 7 rings (SSSR count). The van der Waals surface area contributed by atoms with Crippen LogP contribution in [0.2, 0.25) is 5.15 Å². The number of fused-ring (bicyclic) bond motifs is 2. The molecule has 3 amide bonds. The molecule has 7 aromatic rings. The molecule has 236 valence electrons. The lowest BCUT2D eigenvalue weighted by atomic mass is 10.1. The van der Waals surface area contributed by atoms with Gasteiger partial charge in [0.05, 0.1) is 39.5 Å². The van der Waals surface area contributed by atoms with E-state index < -0.39 is 23.5 Å². The number of nitrogens with one attached hydrogen (secondary N) is 4. The number of pyridine rings is 1. The zero-order valence-electron chi connectivity index (χ0n) is 24.3. The number of hydrogen-bond donors (Lipinski definition) is 5. The molecule has 0 aliphatic rings. The number of amides is 3. The van der Waals surface area contributed by atoms with Crippen LogP contribution in [-0.2, 0) is 0 Å². The van der Waals surface area contributed by atoms with E-state index in [4.69, 9.17) is 21.9 Å². The molecule has 6 N–H and O–H groups in total. The highest BCUT2D eigenvalue weighted by molar-refractivity contribution is 6.29. The summed E-state index contributed by atoms with van der Waals surface area (Å²) in [5.74, 6) is -2.08. The van der Waals surface area contributed by atoms with E-state index in [0.29, 0.717) is 49.9 Å². The van der Waals surface area contributed by atoms with Gasteiger partial charge in [-0.05, 0) is 54.6 Å². The molecule has 0 bridgehead atoms. The van der Waals surface area contributed by atoms with Crippen LogP contribution >= 0.6 is 11.6 Å². The quantitative estimate of drug-likeness (QED) is 0.152. The van der Waals surface area contributed by atoms with E-state index in [1.54, 1.807) is 48.5 Å². The first-order valence-corrected chi connectivity index (χ1v) is 14.2. The molecule has 4 aromatic heterocycles. The van der Waals surface area contributed by atoms with Crippen molar-refractivity contribution in [3.05, 3.63) is 123 Å². The predicted molar refractivity (Wildman–Crippen MR) is 173 cm³/mol. The van der Waals surface area contributed by atoms with Crippen molar-refractivity contribution in [2.24, 2.45) is 5.73 Å². The van der Waals surface area contributed by atoms with Gasteiger partial charge in [0.15, 0.2) is 5.82 Å². The van der Waals surface area contributed by atoms with Gasteiger partial charge in [-0.15, -0.1) is 0 Å². The highest BCUT2D eigenvalue weighted by Gasteiger charge is 2.18. The van der Waals surface area contributed by atoms with Crippen molar-refractivity contribution >= 4 is 62.5 Å². The van der Waals surface area contributed by atoms with Crippen molar-refractivity contribution in [1.82, 2.24) is 25.3 Å². The van der Waals surface area contributed by atoms with E-state index in [-0.39, 0.29) is 22.4 Å². The molecular weight excluding hydrogens is 642 g/mol. The normalized spacial score (nSPS) is 10.6. The van der Waals surface area contributed by atoms with E-state index in [9.17, 15) is 24.4 Å². The van der Waals surface area contributed by atoms with Crippen molar-refractivity contribution in [2.45, 2.75) is 0 Å². The SMILES string of the molecule is N#Cc1ccc(NC(=O)c2cc3cccc(NC(=O)c4ccc(Cl)nc4)c3[nH]2)c(-c2noc(=O)[nH]2)c1.NC(=O)c1onc2ccccc12. The lowest BCUT2D eigenvalue weighted by Gasteiger charge is -2.09. The number of aromatic amines is 2. The molecule has 0 spiro atoms. The molecule has 4 heterocycles. The standard InChI is InChI=1S/C24H14ClN7O4.C8H6N2O2/c25-19-7-5-14(11-27-19)22(33)30-17-3-1-2-13-9-18(28-20(13)17)23(34)29-16-6-4-12(10-26)8-15(16)21-31-24(35)36-32-21;9-8(11)7-5-3-1-2-4-6(5)10-12-7/h1-9,11,28H,(H,29,34)(H,30,33)(H,31,32,35);1-4H,(H2,9,11). The average molecular weight is 662 g/mol. The summed E-state index contributed by atoms with van der Waals surface area (Å²) in [4.78, 5) is 57.2.